The van der Waals surface area contributed by atoms with Crippen LogP contribution in [0.4, 0.5) is 0 Å². The minimum Gasteiger partial charge on any atom is -0.381 e. The third-order valence-corrected chi connectivity index (χ3v) is 3.63. The monoisotopic (exact) mass is 233 g/mol. The van der Waals surface area contributed by atoms with Gasteiger partial charge in [-0.1, -0.05) is 0 Å². The molecule has 4 heteroatoms. The number of fused-ring (bicyclic) bond motifs is 1. The van der Waals surface area contributed by atoms with E-state index < -0.39 is 0 Å². The van der Waals surface area contributed by atoms with Crippen LogP contribution in [0.1, 0.15) is 35.8 Å². The zero-order valence-corrected chi connectivity index (χ0v) is 10.1. The molecule has 0 aromatic carbocycles. The van der Waals surface area contributed by atoms with Gasteiger partial charge in [0.2, 0.25) is 0 Å². The van der Waals surface area contributed by atoms with Crippen molar-refractivity contribution < 1.29 is 4.74 Å². The number of rotatable bonds is 1. The second kappa shape index (κ2) is 5.10. The topological polar surface area (TPSA) is 47.0 Å². The molecule has 0 bridgehead atoms. The maximum absolute atomic E-state index is 5.48. The number of ether oxygens (including phenoxy) is 1. The summed E-state index contributed by atoms with van der Waals surface area (Å²) in [7, 11) is 0. The van der Waals surface area contributed by atoms with Gasteiger partial charge in [-0.15, -0.1) is 0 Å². The fraction of sp³-hybridized carbons (Fsp3) is 0.692. The van der Waals surface area contributed by atoms with Crippen molar-refractivity contribution in [1.29, 1.82) is 0 Å². The quantitative estimate of drug-likeness (QED) is 0.788. The molecule has 0 amide bonds. The van der Waals surface area contributed by atoms with Crippen molar-refractivity contribution in [3.8, 4) is 0 Å². The number of aromatic nitrogens is 2. The van der Waals surface area contributed by atoms with Gasteiger partial charge in [-0.25, -0.2) is 9.97 Å². The van der Waals surface area contributed by atoms with E-state index in [1.807, 2.05) is 6.20 Å². The van der Waals surface area contributed by atoms with Gasteiger partial charge in [0.15, 0.2) is 0 Å². The zero-order chi connectivity index (χ0) is 11.5. The molecule has 2 aliphatic heterocycles. The summed E-state index contributed by atoms with van der Waals surface area (Å²) in [4.78, 5) is 9.32. The maximum Gasteiger partial charge on any atom is 0.132 e. The molecule has 0 saturated carbocycles. The highest BCUT2D eigenvalue weighted by atomic mass is 16.5. The summed E-state index contributed by atoms with van der Waals surface area (Å²) in [6.07, 6.45) is 6.35. The molecular formula is C13H19N3O. The molecule has 2 aliphatic rings. The number of hydrogen-bond donors (Lipinski definition) is 1. The minimum atomic E-state index is 0.498. The Balaban J connectivity index is 1.83. The fourth-order valence-corrected chi connectivity index (χ4v) is 2.60. The van der Waals surface area contributed by atoms with Crippen LogP contribution in [-0.2, 0) is 17.6 Å². The van der Waals surface area contributed by atoms with E-state index in [0.717, 1.165) is 45.0 Å². The third kappa shape index (κ3) is 2.48. The van der Waals surface area contributed by atoms with Crippen molar-refractivity contribution >= 4 is 0 Å². The summed E-state index contributed by atoms with van der Waals surface area (Å²) in [5.74, 6) is 1.52. The minimum absolute atomic E-state index is 0.498. The molecule has 1 atom stereocenters. The summed E-state index contributed by atoms with van der Waals surface area (Å²) in [5.41, 5.74) is 2.48. The Morgan fingerprint density at radius 1 is 1.29 bits per heavy atom. The lowest BCUT2D eigenvalue weighted by Gasteiger charge is -2.22. The highest BCUT2D eigenvalue weighted by Crippen LogP contribution is 2.21. The molecule has 4 nitrogen and oxygen atoms in total. The van der Waals surface area contributed by atoms with Crippen LogP contribution in [0, 0.1) is 0 Å². The first-order valence-electron chi connectivity index (χ1n) is 6.56. The Kier molecular flexibility index (Phi) is 3.34. The molecule has 0 spiro atoms. The first-order valence-corrected chi connectivity index (χ1v) is 6.56. The SMILES string of the molecule is c1nc(C2CCCNC2)nc2c1CCOCC2. The number of hydrogen-bond acceptors (Lipinski definition) is 4. The lowest BCUT2D eigenvalue weighted by atomic mass is 9.98. The van der Waals surface area contributed by atoms with Crippen LogP contribution in [-0.4, -0.2) is 36.3 Å². The van der Waals surface area contributed by atoms with E-state index in [0.29, 0.717) is 5.92 Å². The van der Waals surface area contributed by atoms with E-state index >= 15 is 0 Å². The Hall–Kier alpha value is -1.00. The second-order valence-corrected chi connectivity index (χ2v) is 4.86. The molecule has 3 heterocycles. The molecule has 1 fully saturated rings. The lowest BCUT2D eigenvalue weighted by Crippen LogP contribution is -2.29. The molecule has 0 radical (unpaired) electrons. The fourth-order valence-electron chi connectivity index (χ4n) is 2.60. The Morgan fingerprint density at radius 3 is 3.12 bits per heavy atom. The van der Waals surface area contributed by atoms with Gasteiger partial charge in [-0.2, -0.15) is 0 Å². The van der Waals surface area contributed by atoms with Crippen molar-refractivity contribution in [1.82, 2.24) is 15.3 Å². The Bertz CT molecular complexity index is 388. The lowest BCUT2D eigenvalue weighted by molar-refractivity contribution is 0.146. The highest BCUT2D eigenvalue weighted by Gasteiger charge is 2.19. The summed E-state index contributed by atoms with van der Waals surface area (Å²) >= 11 is 0. The van der Waals surface area contributed by atoms with Gasteiger partial charge in [0.05, 0.1) is 13.2 Å². The first kappa shape index (κ1) is 11.1. The molecule has 3 rings (SSSR count). The zero-order valence-electron chi connectivity index (χ0n) is 10.1. The van der Waals surface area contributed by atoms with Crippen LogP contribution in [0.5, 0.6) is 0 Å². The number of piperidine rings is 1. The Morgan fingerprint density at radius 2 is 2.24 bits per heavy atom. The predicted molar refractivity (Wildman–Crippen MR) is 65.1 cm³/mol. The molecular weight excluding hydrogens is 214 g/mol. The molecule has 92 valence electrons. The van der Waals surface area contributed by atoms with E-state index in [4.69, 9.17) is 9.72 Å². The predicted octanol–water partition coefficient (Wildman–Crippen LogP) is 1.06. The van der Waals surface area contributed by atoms with Crippen LogP contribution < -0.4 is 5.32 Å². The van der Waals surface area contributed by atoms with Gasteiger partial charge in [0, 0.05) is 30.8 Å². The van der Waals surface area contributed by atoms with Gasteiger partial charge < -0.3 is 10.1 Å². The molecule has 1 saturated heterocycles. The van der Waals surface area contributed by atoms with E-state index in [9.17, 15) is 0 Å². The average molecular weight is 233 g/mol. The van der Waals surface area contributed by atoms with Crippen molar-refractivity contribution in [2.24, 2.45) is 0 Å². The van der Waals surface area contributed by atoms with E-state index in [2.05, 4.69) is 10.3 Å². The average Bonchev–Trinajstić information content (AvgIpc) is 2.64. The van der Waals surface area contributed by atoms with Crippen LogP contribution >= 0.6 is 0 Å². The maximum atomic E-state index is 5.48. The van der Waals surface area contributed by atoms with Crippen LogP contribution in [0.2, 0.25) is 0 Å². The van der Waals surface area contributed by atoms with Gasteiger partial charge in [-0.3, -0.25) is 0 Å². The van der Waals surface area contributed by atoms with Gasteiger partial charge >= 0.3 is 0 Å². The summed E-state index contributed by atoms with van der Waals surface area (Å²) in [6, 6.07) is 0. The standard InChI is InChI=1S/C13H19N3O/c1-2-11(8-14-5-1)13-15-9-10-3-6-17-7-4-12(10)16-13/h9,11,14H,1-8H2. The normalized spacial score (nSPS) is 25.1. The van der Waals surface area contributed by atoms with Crippen molar-refractivity contribution in [2.75, 3.05) is 26.3 Å². The Labute approximate surface area is 102 Å². The van der Waals surface area contributed by atoms with Crippen LogP contribution in [0.15, 0.2) is 6.20 Å². The van der Waals surface area contributed by atoms with E-state index in [-0.39, 0.29) is 0 Å². The molecule has 1 aromatic heterocycles. The van der Waals surface area contributed by atoms with Crippen molar-refractivity contribution in [3.05, 3.63) is 23.3 Å². The van der Waals surface area contributed by atoms with Gasteiger partial charge in [-0.05, 0) is 31.4 Å². The summed E-state index contributed by atoms with van der Waals surface area (Å²) < 4.78 is 5.48. The number of nitrogens with zero attached hydrogens (tertiary/aromatic N) is 2. The number of nitrogens with one attached hydrogen (secondary N) is 1. The van der Waals surface area contributed by atoms with E-state index in [1.165, 1.54) is 24.1 Å². The largest absolute Gasteiger partial charge is 0.381 e. The second-order valence-electron chi connectivity index (χ2n) is 4.86. The molecule has 1 N–H and O–H groups in total. The van der Waals surface area contributed by atoms with Gasteiger partial charge in [0.25, 0.3) is 0 Å². The highest BCUT2D eigenvalue weighted by molar-refractivity contribution is 5.20. The molecule has 17 heavy (non-hydrogen) atoms. The summed E-state index contributed by atoms with van der Waals surface area (Å²) in [5, 5.41) is 3.42. The molecule has 0 aliphatic carbocycles. The molecule has 1 unspecified atom stereocenters. The van der Waals surface area contributed by atoms with E-state index in [1.54, 1.807) is 0 Å². The van der Waals surface area contributed by atoms with Crippen LogP contribution in [0.25, 0.3) is 0 Å². The molecule has 1 aromatic rings. The van der Waals surface area contributed by atoms with Crippen molar-refractivity contribution in [3.63, 3.8) is 0 Å². The van der Waals surface area contributed by atoms with Crippen molar-refractivity contribution in [2.45, 2.75) is 31.6 Å². The van der Waals surface area contributed by atoms with Gasteiger partial charge in [0.1, 0.15) is 5.82 Å². The smallest absolute Gasteiger partial charge is 0.132 e. The first-order chi connectivity index (χ1) is 8.43. The van der Waals surface area contributed by atoms with Crippen LogP contribution in [0.3, 0.4) is 0 Å². The third-order valence-electron chi connectivity index (χ3n) is 3.63. The summed E-state index contributed by atoms with van der Waals surface area (Å²) in [6.45, 7) is 3.76.